The molecule has 0 bridgehead atoms. The Morgan fingerprint density at radius 1 is 1.22 bits per heavy atom. The molecule has 2 aromatic heterocycles. The van der Waals surface area contributed by atoms with Crippen LogP contribution in [-0.2, 0) is 0 Å². The van der Waals surface area contributed by atoms with Gasteiger partial charge < -0.3 is 9.72 Å². The van der Waals surface area contributed by atoms with Crippen LogP contribution >= 0.6 is 0 Å². The van der Waals surface area contributed by atoms with Gasteiger partial charge in [0.2, 0.25) is 0 Å². The van der Waals surface area contributed by atoms with Crippen LogP contribution in [0, 0.1) is 6.92 Å². The van der Waals surface area contributed by atoms with Gasteiger partial charge in [-0.15, -0.1) is 0 Å². The van der Waals surface area contributed by atoms with Crippen LogP contribution in [0.15, 0.2) is 42.7 Å². The number of aryl methyl sites for hydroxylation is 1. The summed E-state index contributed by atoms with van der Waals surface area (Å²) < 4.78 is 5.43. The molecule has 2 heterocycles. The molecule has 0 amide bonds. The van der Waals surface area contributed by atoms with E-state index in [2.05, 4.69) is 23.0 Å². The van der Waals surface area contributed by atoms with Crippen LogP contribution in [0.25, 0.3) is 22.2 Å². The number of hydrogen-bond acceptors (Lipinski definition) is 2. The van der Waals surface area contributed by atoms with Crippen molar-refractivity contribution in [2.45, 2.75) is 6.92 Å². The molecule has 0 saturated carbocycles. The number of pyridine rings is 1. The first-order valence-electron chi connectivity index (χ1n) is 5.86. The van der Waals surface area contributed by atoms with Crippen LogP contribution in [0.2, 0.25) is 0 Å². The van der Waals surface area contributed by atoms with Crippen molar-refractivity contribution in [3.8, 4) is 17.0 Å². The number of benzene rings is 1. The molecule has 0 spiro atoms. The van der Waals surface area contributed by atoms with E-state index in [1.165, 1.54) is 5.56 Å². The van der Waals surface area contributed by atoms with E-state index in [0.717, 1.165) is 27.9 Å². The van der Waals surface area contributed by atoms with Gasteiger partial charge in [-0.1, -0.05) is 6.07 Å². The minimum Gasteiger partial charge on any atom is -0.496 e. The summed E-state index contributed by atoms with van der Waals surface area (Å²) >= 11 is 0. The lowest BCUT2D eigenvalue weighted by atomic mass is 10.1. The normalized spacial score (nSPS) is 10.8. The van der Waals surface area contributed by atoms with Crippen LogP contribution < -0.4 is 4.74 Å². The highest BCUT2D eigenvalue weighted by Gasteiger charge is 2.11. The van der Waals surface area contributed by atoms with Crippen LogP contribution in [0.4, 0.5) is 0 Å². The summed E-state index contributed by atoms with van der Waals surface area (Å²) in [7, 11) is 1.69. The average Bonchev–Trinajstić information content (AvgIpc) is 2.82. The molecular weight excluding hydrogens is 224 g/mol. The van der Waals surface area contributed by atoms with Gasteiger partial charge in [0.15, 0.2) is 0 Å². The van der Waals surface area contributed by atoms with Gasteiger partial charge in [0, 0.05) is 23.5 Å². The quantitative estimate of drug-likeness (QED) is 0.741. The number of hydrogen-bond donors (Lipinski definition) is 1. The first-order valence-corrected chi connectivity index (χ1v) is 5.86. The van der Waals surface area contributed by atoms with E-state index in [1.807, 2.05) is 36.7 Å². The standard InChI is InChI=1S/C15H14N2O/c1-10-6-7-16-13(8-10)11-9-17-12-4-3-5-14(18-2)15(11)12/h3-9,17H,1-2H3. The molecule has 90 valence electrons. The number of aromatic amines is 1. The molecule has 3 nitrogen and oxygen atoms in total. The average molecular weight is 238 g/mol. The van der Waals surface area contributed by atoms with Gasteiger partial charge in [0.1, 0.15) is 5.75 Å². The summed E-state index contributed by atoms with van der Waals surface area (Å²) in [6, 6.07) is 10.1. The Labute approximate surface area is 105 Å². The minimum atomic E-state index is 0.868. The second-order valence-corrected chi connectivity index (χ2v) is 4.30. The molecule has 0 aliphatic heterocycles. The first-order chi connectivity index (χ1) is 8.79. The first kappa shape index (κ1) is 10.8. The molecule has 1 N–H and O–H groups in total. The van der Waals surface area contributed by atoms with E-state index in [-0.39, 0.29) is 0 Å². The van der Waals surface area contributed by atoms with E-state index >= 15 is 0 Å². The van der Waals surface area contributed by atoms with Crippen molar-refractivity contribution in [1.82, 2.24) is 9.97 Å². The van der Waals surface area contributed by atoms with Gasteiger partial charge in [0.05, 0.1) is 18.2 Å². The maximum atomic E-state index is 5.43. The fourth-order valence-corrected chi connectivity index (χ4v) is 2.21. The highest BCUT2D eigenvalue weighted by Crippen LogP contribution is 2.34. The molecule has 0 fully saturated rings. The van der Waals surface area contributed by atoms with Gasteiger partial charge in [-0.25, -0.2) is 0 Å². The monoisotopic (exact) mass is 238 g/mol. The van der Waals surface area contributed by atoms with Gasteiger partial charge >= 0.3 is 0 Å². The topological polar surface area (TPSA) is 37.9 Å². The van der Waals surface area contributed by atoms with E-state index in [1.54, 1.807) is 7.11 Å². The van der Waals surface area contributed by atoms with Crippen molar-refractivity contribution in [3.05, 3.63) is 48.3 Å². The molecule has 0 radical (unpaired) electrons. The molecule has 3 rings (SSSR count). The minimum absolute atomic E-state index is 0.868. The maximum Gasteiger partial charge on any atom is 0.128 e. The predicted molar refractivity (Wildman–Crippen MR) is 72.8 cm³/mol. The summed E-state index contributed by atoms with van der Waals surface area (Å²) in [5.41, 5.74) is 4.30. The van der Waals surface area contributed by atoms with E-state index in [4.69, 9.17) is 4.74 Å². The number of nitrogens with zero attached hydrogens (tertiary/aromatic N) is 1. The second kappa shape index (κ2) is 4.18. The van der Waals surface area contributed by atoms with Crippen molar-refractivity contribution in [3.63, 3.8) is 0 Å². The third-order valence-corrected chi connectivity index (χ3v) is 3.08. The highest BCUT2D eigenvalue weighted by molar-refractivity contribution is 5.99. The Bertz CT molecular complexity index is 701. The molecule has 3 heteroatoms. The van der Waals surface area contributed by atoms with E-state index < -0.39 is 0 Å². The third-order valence-electron chi connectivity index (χ3n) is 3.08. The summed E-state index contributed by atoms with van der Waals surface area (Å²) in [6.45, 7) is 2.07. The smallest absolute Gasteiger partial charge is 0.128 e. The molecule has 0 aliphatic carbocycles. The molecule has 3 aromatic rings. The predicted octanol–water partition coefficient (Wildman–Crippen LogP) is 3.55. The van der Waals surface area contributed by atoms with Crippen LogP contribution in [0.1, 0.15) is 5.56 Å². The van der Waals surface area contributed by atoms with Crippen molar-refractivity contribution in [2.24, 2.45) is 0 Å². The Kier molecular flexibility index (Phi) is 2.52. The SMILES string of the molecule is COc1cccc2[nH]cc(-c3cc(C)ccn3)c12. The van der Waals surface area contributed by atoms with Crippen molar-refractivity contribution >= 4 is 10.9 Å². The van der Waals surface area contributed by atoms with Gasteiger partial charge in [0.25, 0.3) is 0 Å². The van der Waals surface area contributed by atoms with Gasteiger partial charge in [-0.05, 0) is 36.8 Å². The van der Waals surface area contributed by atoms with Crippen LogP contribution in [0.5, 0.6) is 5.75 Å². The van der Waals surface area contributed by atoms with Gasteiger partial charge in [-0.2, -0.15) is 0 Å². The number of rotatable bonds is 2. The molecular formula is C15H14N2O. The van der Waals surface area contributed by atoms with Crippen LogP contribution in [0.3, 0.4) is 0 Å². The van der Waals surface area contributed by atoms with E-state index in [0.29, 0.717) is 0 Å². The molecule has 0 atom stereocenters. The summed E-state index contributed by atoms with van der Waals surface area (Å²) in [5, 5.41) is 1.08. The number of nitrogens with one attached hydrogen (secondary N) is 1. The van der Waals surface area contributed by atoms with Crippen molar-refractivity contribution in [1.29, 1.82) is 0 Å². The number of aromatic nitrogens is 2. The third kappa shape index (κ3) is 1.64. The fourth-order valence-electron chi connectivity index (χ4n) is 2.21. The zero-order chi connectivity index (χ0) is 12.5. The number of H-pyrrole nitrogens is 1. The number of ether oxygens (including phenoxy) is 1. The number of methoxy groups -OCH3 is 1. The van der Waals surface area contributed by atoms with Gasteiger partial charge in [-0.3, -0.25) is 4.98 Å². The molecule has 18 heavy (non-hydrogen) atoms. The lowest BCUT2D eigenvalue weighted by Gasteiger charge is -2.05. The Hall–Kier alpha value is -2.29. The number of fused-ring (bicyclic) bond motifs is 1. The summed E-state index contributed by atoms with van der Waals surface area (Å²) in [4.78, 5) is 7.69. The fraction of sp³-hybridized carbons (Fsp3) is 0.133. The molecule has 0 aliphatic rings. The van der Waals surface area contributed by atoms with Crippen LogP contribution in [-0.4, -0.2) is 17.1 Å². The Balaban J connectivity index is 2.30. The summed E-state index contributed by atoms with van der Waals surface area (Å²) in [6.07, 6.45) is 3.81. The molecule has 1 aromatic carbocycles. The maximum absolute atomic E-state index is 5.43. The lowest BCUT2D eigenvalue weighted by molar-refractivity contribution is 0.420. The van der Waals surface area contributed by atoms with Crippen molar-refractivity contribution in [2.75, 3.05) is 7.11 Å². The largest absolute Gasteiger partial charge is 0.496 e. The lowest BCUT2D eigenvalue weighted by Crippen LogP contribution is -1.86. The summed E-state index contributed by atoms with van der Waals surface area (Å²) in [5.74, 6) is 0.868. The second-order valence-electron chi connectivity index (χ2n) is 4.30. The zero-order valence-electron chi connectivity index (χ0n) is 10.4. The highest BCUT2D eigenvalue weighted by atomic mass is 16.5. The van der Waals surface area contributed by atoms with Crippen molar-refractivity contribution < 1.29 is 4.74 Å². The van der Waals surface area contributed by atoms with E-state index in [9.17, 15) is 0 Å². The Morgan fingerprint density at radius 2 is 2.11 bits per heavy atom. The zero-order valence-corrected chi connectivity index (χ0v) is 10.4. The Morgan fingerprint density at radius 3 is 2.89 bits per heavy atom. The molecule has 0 unspecified atom stereocenters. The molecule has 0 saturated heterocycles.